The highest BCUT2D eigenvalue weighted by Gasteiger charge is 2.09. The molecule has 1 N–H and O–H groups in total. The molecule has 1 aromatic carbocycles. The van der Waals surface area contributed by atoms with Crippen molar-refractivity contribution < 1.29 is 14.3 Å². The number of carbonyl (C=O) groups is 1. The third kappa shape index (κ3) is 2.66. The maximum Gasteiger partial charge on any atom is 0.346 e. The molecule has 4 nitrogen and oxygen atoms in total. The lowest BCUT2D eigenvalue weighted by Crippen LogP contribution is -1.97. The molecule has 0 aliphatic rings. The molecule has 1 aromatic heterocycles. The molecule has 4 heteroatoms. The van der Waals surface area contributed by atoms with Crippen molar-refractivity contribution in [2.45, 2.75) is 19.8 Å². The van der Waals surface area contributed by atoms with E-state index in [9.17, 15) is 4.79 Å². The topological polar surface area (TPSA) is 74.2 Å². The lowest BCUT2D eigenvalue weighted by atomic mass is 10.1. The zero-order valence-corrected chi connectivity index (χ0v) is 10.7. The molecule has 2 aromatic rings. The number of hydrogen-bond acceptors (Lipinski definition) is 3. The summed E-state index contributed by atoms with van der Waals surface area (Å²) in [6, 6.07) is 8.98. The van der Waals surface area contributed by atoms with Gasteiger partial charge in [-0.3, -0.25) is 0 Å². The normalized spacial score (nSPS) is 11.8. The standard InChI is InChI=1S/C15H13NO3/c1-9(2)13-7-11-4-3-10(6-14(11)19-13)5-12(8-16)15(17)18/h3-7,9H,1-2H3,(H,17,18)/b12-5-. The lowest BCUT2D eigenvalue weighted by molar-refractivity contribution is -0.132. The molecule has 19 heavy (non-hydrogen) atoms. The Kier molecular flexibility index (Phi) is 3.39. The van der Waals surface area contributed by atoms with Crippen LogP contribution in [0.3, 0.4) is 0 Å². The molecule has 96 valence electrons. The number of fused-ring (bicyclic) bond motifs is 1. The van der Waals surface area contributed by atoms with E-state index in [1.807, 2.05) is 26.0 Å². The molecule has 0 fully saturated rings. The minimum absolute atomic E-state index is 0.292. The number of furan rings is 1. The quantitative estimate of drug-likeness (QED) is 0.672. The van der Waals surface area contributed by atoms with Crippen LogP contribution in [-0.2, 0) is 4.79 Å². The van der Waals surface area contributed by atoms with Gasteiger partial charge < -0.3 is 9.52 Å². The molecule has 0 saturated carbocycles. The van der Waals surface area contributed by atoms with E-state index < -0.39 is 5.97 Å². The monoisotopic (exact) mass is 255 g/mol. The van der Waals surface area contributed by atoms with E-state index in [0.29, 0.717) is 17.1 Å². The molecule has 0 saturated heterocycles. The smallest absolute Gasteiger partial charge is 0.346 e. The lowest BCUT2D eigenvalue weighted by Gasteiger charge is -1.96. The van der Waals surface area contributed by atoms with Crippen LogP contribution in [0, 0.1) is 11.3 Å². The average Bonchev–Trinajstić information content (AvgIpc) is 2.78. The zero-order valence-electron chi connectivity index (χ0n) is 10.7. The number of carboxylic acid groups (broad SMARTS) is 1. The van der Waals surface area contributed by atoms with E-state index in [2.05, 4.69) is 0 Å². The number of rotatable bonds is 3. The van der Waals surface area contributed by atoms with Gasteiger partial charge in [0, 0.05) is 11.3 Å². The summed E-state index contributed by atoms with van der Waals surface area (Å²) in [6.45, 7) is 4.08. The van der Waals surface area contributed by atoms with Crippen molar-refractivity contribution in [1.82, 2.24) is 0 Å². The van der Waals surface area contributed by atoms with Gasteiger partial charge in [0.2, 0.25) is 0 Å². The first-order chi connectivity index (χ1) is 9.01. The van der Waals surface area contributed by atoms with Gasteiger partial charge >= 0.3 is 5.97 Å². The number of hydrogen-bond donors (Lipinski definition) is 1. The maximum atomic E-state index is 10.8. The Morgan fingerprint density at radius 1 is 1.42 bits per heavy atom. The first kappa shape index (κ1) is 12.9. The van der Waals surface area contributed by atoms with Gasteiger partial charge in [-0.1, -0.05) is 26.0 Å². The second-order valence-electron chi connectivity index (χ2n) is 4.58. The van der Waals surface area contributed by atoms with Gasteiger partial charge in [-0.05, 0) is 23.8 Å². The van der Waals surface area contributed by atoms with Crippen molar-refractivity contribution in [2.75, 3.05) is 0 Å². The molecule has 1 heterocycles. The summed E-state index contributed by atoms with van der Waals surface area (Å²) >= 11 is 0. The van der Waals surface area contributed by atoms with Crippen LogP contribution in [-0.4, -0.2) is 11.1 Å². The SMILES string of the molecule is CC(C)c1cc2ccc(/C=C(/C#N)C(=O)O)cc2o1. The fourth-order valence-electron chi connectivity index (χ4n) is 1.75. The molecular formula is C15H13NO3. The van der Waals surface area contributed by atoms with Crippen molar-refractivity contribution in [2.24, 2.45) is 0 Å². The summed E-state index contributed by atoms with van der Waals surface area (Å²) < 4.78 is 5.69. The highest BCUT2D eigenvalue weighted by molar-refractivity contribution is 5.97. The summed E-state index contributed by atoms with van der Waals surface area (Å²) in [5.41, 5.74) is 1.03. The first-order valence-electron chi connectivity index (χ1n) is 5.90. The summed E-state index contributed by atoms with van der Waals surface area (Å²) in [7, 11) is 0. The second-order valence-corrected chi connectivity index (χ2v) is 4.58. The molecule has 0 atom stereocenters. The number of carboxylic acids is 1. The number of benzene rings is 1. The molecule has 0 bridgehead atoms. The Balaban J connectivity index is 2.47. The van der Waals surface area contributed by atoms with E-state index >= 15 is 0 Å². The van der Waals surface area contributed by atoms with Crippen LogP contribution in [0.25, 0.3) is 17.0 Å². The third-order valence-electron chi connectivity index (χ3n) is 2.79. The zero-order chi connectivity index (χ0) is 14.0. The van der Waals surface area contributed by atoms with Crippen LogP contribution in [0.15, 0.2) is 34.3 Å². The average molecular weight is 255 g/mol. The Morgan fingerprint density at radius 2 is 2.16 bits per heavy atom. The van der Waals surface area contributed by atoms with Crippen molar-refractivity contribution in [3.05, 3.63) is 41.2 Å². The largest absolute Gasteiger partial charge is 0.477 e. The molecule has 0 aliphatic heterocycles. The fourth-order valence-corrected chi connectivity index (χ4v) is 1.75. The fraction of sp³-hybridized carbons (Fsp3) is 0.200. The summed E-state index contributed by atoms with van der Waals surface area (Å²) in [6.07, 6.45) is 1.33. The van der Waals surface area contributed by atoms with Gasteiger partial charge in [0.1, 0.15) is 23.0 Å². The maximum absolute atomic E-state index is 10.8. The van der Waals surface area contributed by atoms with Gasteiger partial charge in [-0.25, -0.2) is 4.79 Å². The van der Waals surface area contributed by atoms with Gasteiger partial charge in [-0.15, -0.1) is 0 Å². The summed E-state index contributed by atoms with van der Waals surface area (Å²) in [4.78, 5) is 10.8. The van der Waals surface area contributed by atoms with Crippen molar-refractivity contribution in [3.63, 3.8) is 0 Å². The van der Waals surface area contributed by atoms with Crippen LogP contribution in [0.1, 0.15) is 31.1 Å². The molecule has 0 radical (unpaired) electrons. The van der Waals surface area contributed by atoms with Gasteiger partial charge in [0.15, 0.2) is 0 Å². The molecule has 0 spiro atoms. The van der Waals surface area contributed by atoms with Gasteiger partial charge in [-0.2, -0.15) is 5.26 Å². The van der Waals surface area contributed by atoms with Crippen molar-refractivity contribution in [1.29, 1.82) is 5.26 Å². The number of aliphatic carboxylic acids is 1. The van der Waals surface area contributed by atoms with E-state index in [1.165, 1.54) is 6.08 Å². The van der Waals surface area contributed by atoms with E-state index in [-0.39, 0.29) is 5.57 Å². The van der Waals surface area contributed by atoms with Crippen LogP contribution >= 0.6 is 0 Å². The van der Waals surface area contributed by atoms with Gasteiger partial charge in [0.05, 0.1) is 0 Å². The Labute approximate surface area is 110 Å². The van der Waals surface area contributed by atoms with Crippen LogP contribution in [0.5, 0.6) is 0 Å². The van der Waals surface area contributed by atoms with Crippen LogP contribution in [0.2, 0.25) is 0 Å². The molecule has 0 aliphatic carbocycles. The second kappa shape index (κ2) is 4.99. The van der Waals surface area contributed by atoms with Gasteiger partial charge in [0.25, 0.3) is 0 Å². The third-order valence-corrected chi connectivity index (χ3v) is 2.79. The van der Waals surface area contributed by atoms with Crippen molar-refractivity contribution >= 4 is 23.0 Å². The minimum Gasteiger partial charge on any atom is -0.477 e. The Bertz CT molecular complexity index is 702. The highest BCUT2D eigenvalue weighted by Crippen LogP contribution is 2.26. The van der Waals surface area contributed by atoms with Crippen LogP contribution < -0.4 is 0 Å². The number of nitrogens with zero attached hydrogens (tertiary/aromatic N) is 1. The highest BCUT2D eigenvalue weighted by atomic mass is 16.4. The Hall–Kier alpha value is -2.54. The predicted molar refractivity (Wildman–Crippen MR) is 71.5 cm³/mol. The molecular weight excluding hydrogens is 242 g/mol. The minimum atomic E-state index is -1.23. The number of nitriles is 1. The van der Waals surface area contributed by atoms with E-state index in [4.69, 9.17) is 14.8 Å². The summed E-state index contributed by atoms with van der Waals surface area (Å²) in [5.74, 6) is -0.0557. The van der Waals surface area contributed by atoms with Crippen LogP contribution in [0.4, 0.5) is 0 Å². The van der Waals surface area contributed by atoms with E-state index in [0.717, 1.165) is 11.1 Å². The molecule has 0 unspecified atom stereocenters. The molecule has 2 rings (SSSR count). The summed E-state index contributed by atoms with van der Waals surface area (Å²) in [5, 5.41) is 18.5. The predicted octanol–water partition coefficient (Wildman–Crippen LogP) is 3.55. The van der Waals surface area contributed by atoms with E-state index in [1.54, 1.807) is 18.2 Å². The molecule has 0 amide bonds. The Morgan fingerprint density at radius 3 is 2.74 bits per heavy atom. The first-order valence-corrected chi connectivity index (χ1v) is 5.90. The van der Waals surface area contributed by atoms with Crippen molar-refractivity contribution in [3.8, 4) is 6.07 Å².